The summed E-state index contributed by atoms with van der Waals surface area (Å²) in [7, 11) is -4.89. The van der Waals surface area contributed by atoms with Crippen LogP contribution in [0, 0.1) is 10.1 Å². The average Bonchev–Trinajstić information content (AvgIpc) is 2.14. The molecule has 0 heterocycles. The molecule has 0 aromatic heterocycles. The predicted molar refractivity (Wildman–Crippen MR) is 58.4 cm³/mol. The zero-order valence-corrected chi connectivity index (χ0v) is 17.2. The number of nitrogens with zero attached hydrogens (tertiary/aromatic N) is 1. The third kappa shape index (κ3) is 29.2. The van der Waals surface area contributed by atoms with E-state index in [9.17, 15) is 15.2 Å². The third-order valence-corrected chi connectivity index (χ3v) is 1.06. The number of hydrogen-bond acceptors (Lipinski definition) is 6. The van der Waals surface area contributed by atoms with E-state index in [1.807, 2.05) is 0 Å². The normalized spacial score (nSPS) is 8.33. The number of carbonyl (C=O) groups is 1. The number of urea groups is 1. The van der Waals surface area contributed by atoms with Gasteiger partial charge < -0.3 is 31.3 Å². The number of carbonyl (C=O) groups excluding carboxylic acids is 1. The predicted octanol–water partition coefficient (Wildman–Crippen LogP) is -7.86. The summed E-state index contributed by atoms with van der Waals surface area (Å²) >= 11 is 0. The number of rotatable bonds is 1. The smallest absolute Gasteiger partial charge is 0.868 e. The minimum Gasteiger partial charge on any atom is -0.868 e. The molecule has 6 N–H and O–H groups in total. The number of phosphoric acid groups is 1. The van der Waals surface area contributed by atoms with Gasteiger partial charge in [0.2, 0.25) is 0 Å². The van der Waals surface area contributed by atoms with Crippen LogP contribution in [-0.2, 0) is 4.57 Å². The van der Waals surface area contributed by atoms with Crippen LogP contribution < -0.4 is 102 Å². The number of nitro groups is 1. The van der Waals surface area contributed by atoms with Gasteiger partial charge in [0.25, 0.3) is 13.5 Å². The summed E-state index contributed by atoms with van der Waals surface area (Å²) in [6.45, 7) is 0. The second kappa shape index (κ2) is 15.3. The first-order valence-corrected chi connectivity index (χ1v) is 5.70. The quantitative estimate of drug-likeness (QED) is 0.163. The van der Waals surface area contributed by atoms with Gasteiger partial charge >= 0.3 is 87.0 Å². The Labute approximate surface area is 183 Å². The standard InChI is InChI=1S/C6H5NO3.CH4N2O.K.Na.H3O4P/c8-6-4-2-1-3-5(6)7(9)10;2-1(3)4;;;1-5(2,3)4/h1-4,8H;(H4,2,3,4);;;(H3,1,2,3,4)/q;;2*+1;/p-2. The molecule has 1 aromatic rings. The maximum absolute atomic E-state index is 10.6. The minimum absolute atomic E-state index is 0. The van der Waals surface area contributed by atoms with Gasteiger partial charge in [0.1, 0.15) is 0 Å². The maximum atomic E-state index is 10.6. The first kappa shape index (κ1) is 29.4. The number of amides is 2. The van der Waals surface area contributed by atoms with Crippen molar-refractivity contribution in [2.75, 3.05) is 0 Å². The summed E-state index contributed by atoms with van der Waals surface area (Å²) in [6, 6.07) is 4.44. The molecular formula is C7H10KN3NaO8P. The van der Waals surface area contributed by atoms with E-state index >= 15 is 0 Å². The van der Waals surface area contributed by atoms with Gasteiger partial charge in [-0.1, -0.05) is 18.2 Å². The van der Waals surface area contributed by atoms with Crippen molar-refractivity contribution in [3.05, 3.63) is 34.4 Å². The first-order valence-electron chi connectivity index (χ1n) is 4.17. The second-order valence-electron chi connectivity index (χ2n) is 2.62. The summed E-state index contributed by atoms with van der Waals surface area (Å²) in [5.41, 5.74) is 8.13. The molecule has 0 bridgehead atoms. The Kier molecular flexibility index (Phi) is 21.5. The van der Waals surface area contributed by atoms with Crippen molar-refractivity contribution in [3.63, 3.8) is 0 Å². The monoisotopic (exact) mass is 357 g/mol. The van der Waals surface area contributed by atoms with Crippen LogP contribution in [0.2, 0.25) is 0 Å². The molecule has 0 saturated heterocycles. The zero-order valence-electron chi connectivity index (χ0n) is 11.2. The molecule has 0 atom stereocenters. The summed E-state index contributed by atoms with van der Waals surface area (Å²) in [4.78, 5) is 41.3. The number of benzene rings is 1. The molecule has 0 aliphatic rings. The molecule has 0 aliphatic carbocycles. The van der Waals surface area contributed by atoms with Crippen LogP contribution in [-0.4, -0.2) is 20.7 Å². The van der Waals surface area contributed by atoms with Gasteiger partial charge in [-0.2, -0.15) is 0 Å². The largest absolute Gasteiger partial charge is 1.00 e. The van der Waals surface area contributed by atoms with E-state index in [0.29, 0.717) is 0 Å². The van der Waals surface area contributed by atoms with Gasteiger partial charge in [-0.25, -0.2) is 4.79 Å². The van der Waals surface area contributed by atoms with Crippen molar-refractivity contribution in [1.82, 2.24) is 0 Å². The molecule has 0 aliphatic heterocycles. The van der Waals surface area contributed by atoms with Crippen LogP contribution in [0.15, 0.2) is 24.3 Å². The first-order chi connectivity index (χ1) is 8.45. The molecular weight excluding hydrogens is 347 g/mol. The van der Waals surface area contributed by atoms with E-state index in [0.717, 1.165) is 6.07 Å². The number of para-hydroxylation sites is 2. The maximum Gasteiger partial charge on any atom is 1.00 e. The summed E-state index contributed by atoms with van der Waals surface area (Å²) in [6.07, 6.45) is 0. The van der Waals surface area contributed by atoms with Crippen molar-refractivity contribution in [2.24, 2.45) is 11.5 Å². The van der Waals surface area contributed by atoms with Crippen LogP contribution in [0.5, 0.6) is 5.75 Å². The molecule has 2 amide bonds. The van der Waals surface area contributed by atoms with Crippen molar-refractivity contribution in [1.29, 1.82) is 0 Å². The minimum atomic E-state index is -4.89. The molecule has 0 fully saturated rings. The number of nitrogens with two attached hydrogens (primary N) is 2. The molecule has 108 valence electrons. The molecule has 1 aromatic carbocycles. The van der Waals surface area contributed by atoms with Gasteiger partial charge in [0, 0.05) is 6.07 Å². The van der Waals surface area contributed by atoms with Gasteiger partial charge in [-0.15, -0.1) is 0 Å². The van der Waals surface area contributed by atoms with Crippen LogP contribution in [0.3, 0.4) is 0 Å². The van der Waals surface area contributed by atoms with Gasteiger partial charge in [0.15, 0.2) is 0 Å². The summed E-state index contributed by atoms with van der Waals surface area (Å²) in [5, 5.41) is 20.6. The van der Waals surface area contributed by atoms with E-state index in [1.54, 1.807) is 0 Å². The fourth-order valence-corrected chi connectivity index (χ4v) is 0.608. The van der Waals surface area contributed by atoms with Crippen LogP contribution in [0.25, 0.3) is 0 Å². The average molecular weight is 357 g/mol. The Bertz CT molecular complexity index is 472. The van der Waals surface area contributed by atoms with E-state index in [2.05, 4.69) is 11.5 Å². The Balaban J connectivity index is -0.000000114. The molecule has 0 spiro atoms. The molecule has 0 saturated carbocycles. The van der Waals surface area contributed by atoms with E-state index in [-0.39, 0.29) is 86.6 Å². The van der Waals surface area contributed by atoms with Crippen molar-refractivity contribution in [3.8, 4) is 5.75 Å². The van der Waals surface area contributed by atoms with Crippen LogP contribution in [0.4, 0.5) is 10.5 Å². The molecule has 0 unspecified atom stereocenters. The van der Waals surface area contributed by atoms with Gasteiger partial charge in [-0.05, 0) is 5.75 Å². The van der Waals surface area contributed by atoms with Gasteiger partial charge in [0.05, 0.1) is 4.92 Å². The number of hydrogen-bond donors (Lipinski definition) is 4. The van der Waals surface area contributed by atoms with Crippen molar-refractivity contribution >= 4 is 19.5 Å². The molecule has 11 nitrogen and oxygen atoms in total. The van der Waals surface area contributed by atoms with Crippen LogP contribution in [0.1, 0.15) is 0 Å². The van der Waals surface area contributed by atoms with Crippen LogP contribution >= 0.6 is 7.82 Å². The number of primary amides is 2. The Morgan fingerprint density at radius 1 is 1.24 bits per heavy atom. The molecule has 1 rings (SSSR count). The zero-order chi connectivity index (χ0) is 15.6. The Hall–Kier alpha value is 0.436. The molecule has 0 radical (unpaired) electrons. The Morgan fingerprint density at radius 3 is 1.71 bits per heavy atom. The fraction of sp³-hybridized carbons (Fsp3) is 0. The van der Waals surface area contributed by atoms with Crippen molar-refractivity contribution in [2.45, 2.75) is 0 Å². The Morgan fingerprint density at radius 2 is 1.52 bits per heavy atom. The summed E-state index contributed by atoms with van der Waals surface area (Å²) in [5.74, 6) is -0.549. The van der Waals surface area contributed by atoms with Gasteiger partial charge in [-0.3, -0.25) is 14.7 Å². The molecule has 14 heteroatoms. The number of nitro benzene ring substituents is 1. The molecule has 21 heavy (non-hydrogen) atoms. The second-order valence-corrected chi connectivity index (χ2v) is 3.60. The SMILES string of the molecule is NC(N)=O.O=P([O-])(O)O.O=[N+]([O-])c1ccccc1[O-].[K+].[Na+]. The van der Waals surface area contributed by atoms with E-state index in [4.69, 9.17) is 24.0 Å². The third-order valence-electron chi connectivity index (χ3n) is 1.06. The summed E-state index contributed by atoms with van der Waals surface area (Å²) < 4.78 is 8.77. The fourth-order valence-electron chi connectivity index (χ4n) is 0.608. The van der Waals surface area contributed by atoms with E-state index in [1.165, 1.54) is 18.2 Å². The van der Waals surface area contributed by atoms with Crippen molar-refractivity contribution < 1.29 is 115 Å². The topological polar surface area (TPSA) is 216 Å². The van der Waals surface area contributed by atoms with E-state index < -0.39 is 24.5 Å².